The Morgan fingerprint density at radius 3 is 2.33 bits per heavy atom. The molecule has 2 aliphatic heterocycles. The van der Waals surface area contributed by atoms with E-state index in [0.29, 0.717) is 17.1 Å². The van der Waals surface area contributed by atoms with Crippen LogP contribution in [0.1, 0.15) is 40.2 Å². The summed E-state index contributed by atoms with van der Waals surface area (Å²) in [6.45, 7) is 9.02. The highest BCUT2D eigenvalue weighted by Gasteiger charge is 2.46. The number of hydrogen-bond donors (Lipinski definition) is 2. The van der Waals surface area contributed by atoms with E-state index in [9.17, 15) is 14.4 Å². The Bertz CT molecular complexity index is 988. The van der Waals surface area contributed by atoms with Crippen molar-refractivity contribution in [1.29, 1.82) is 0 Å². The van der Waals surface area contributed by atoms with Crippen LogP contribution in [0.5, 0.6) is 0 Å². The molecule has 3 rings (SSSR count). The van der Waals surface area contributed by atoms with Crippen molar-refractivity contribution in [3.05, 3.63) is 29.8 Å². The van der Waals surface area contributed by atoms with E-state index >= 15 is 0 Å². The van der Waals surface area contributed by atoms with Gasteiger partial charge in [0, 0.05) is 12.1 Å². The average Bonchev–Trinajstić information content (AvgIpc) is 3.11. The lowest BCUT2D eigenvalue weighted by Crippen LogP contribution is -2.41. The van der Waals surface area contributed by atoms with E-state index in [1.54, 1.807) is 13.8 Å². The number of carbonyl (C=O) groups is 3. The molecule has 0 saturated carbocycles. The van der Waals surface area contributed by atoms with Gasteiger partial charge in [0.1, 0.15) is 12.3 Å². The van der Waals surface area contributed by atoms with Crippen LogP contribution < -0.4 is 5.43 Å². The van der Waals surface area contributed by atoms with Crippen LogP contribution in [0.4, 0.5) is 5.69 Å². The number of hydrazone groups is 2. The number of carbonyl (C=O) groups excluding carboxylic acids is 2. The fourth-order valence-corrected chi connectivity index (χ4v) is 3.25. The van der Waals surface area contributed by atoms with Crippen molar-refractivity contribution in [2.45, 2.75) is 52.1 Å². The summed E-state index contributed by atoms with van der Waals surface area (Å²) in [5.41, 5.74) is 4.85. The zero-order valence-corrected chi connectivity index (χ0v) is 17.6. The highest BCUT2D eigenvalue weighted by atomic mass is 16.4. The highest BCUT2D eigenvalue weighted by Crippen LogP contribution is 2.27. The van der Waals surface area contributed by atoms with Gasteiger partial charge in [-0.1, -0.05) is 37.6 Å². The molecule has 10 heteroatoms. The first kappa shape index (κ1) is 21.3. The molecular formula is C20H25N6O4+. The molecule has 2 amide bonds. The maximum atomic E-state index is 12.9. The third-order valence-corrected chi connectivity index (χ3v) is 4.92. The molecule has 30 heavy (non-hydrogen) atoms. The largest absolute Gasteiger partial charge is 0.480 e. The van der Waals surface area contributed by atoms with E-state index < -0.39 is 36.4 Å². The van der Waals surface area contributed by atoms with Crippen LogP contribution in [-0.2, 0) is 19.8 Å². The lowest BCUT2D eigenvalue weighted by atomic mass is 9.87. The Morgan fingerprint density at radius 1 is 1.20 bits per heavy atom. The van der Waals surface area contributed by atoms with Crippen molar-refractivity contribution in [1.82, 2.24) is 10.4 Å². The number of nitrogens with one attached hydrogen (secondary N) is 1. The van der Waals surface area contributed by atoms with Crippen molar-refractivity contribution in [2.24, 2.45) is 15.3 Å². The van der Waals surface area contributed by atoms with Crippen molar-refractivity contribution < 1.29 is 24.2 Å². The number of nitrogens with zero attached hydrogens (tertiary/aromatic N) is 5. The van der Waals surface area contributed by atoms with E-state index in [1.807, 2.05) is 24.3 Å². The molecule has 2 atom stereocenters. The van der Waals surface area contributed by atoms with E-state index in [-0.39, 0.29) is 5.41 Å². The van der Waals surface area contributed by atoms with Crippen LogP contribution in [-0.4, -0.2) is 62.6 Å². The minimum absolute atomic E-state index is 0.0616. The molecule has 1 aromatic carbocycles. The second kappa shape index (κ2) is 7.77. The molecule has 0 saturated heterocycles. The summed E-state index contributed by atoms with van der Waals surface area (Å²) in [6.07, 6.45) is 0. The van der Waals surface area contributed by atoms with Crippen LogP contribution in [0.25, 0.3) is 0 Å². The first-order chi connectivity index (χ1) is 14.0. The van der Waals surface area contributed by atoms with Crippen LogP contribution in [0.15, 0.2) is 39.6 Å². The quantitative estimate of drug-likeness (QED) is 0.562. The Morgan fingerprint density at radius 2 is 1.83 bits per heavy atom. The zero-order valence-electron chi connectivity index (χ0n) is 17.6. The molecule has 0 radical (unpaired) electrons. The number of carboxylic acids is 1. The lowest BCUT2D eigenvalue weighted by Gasteiger charge is -2.18. The molecule has 0 aromatic heterocycles. The van der Waals surface area contributed by atoms with Gasteiger partial charge in [-0.2, -0.15) is 10.2 Å². The van der Waals surface area contributed by atoms with Gasteiger partial charge in [-0.3, -0.25) is 14.4 Å². The van der Waals surface area contributed by atoms with Gasteiger partial charge in [-0.15, -0.1) is 0 Å². The topological polar surface area (TPSA) is 127 Å². The summed E-state index contributed by atoms with van der Waals surface area (Å²) in [5.74, 6) is -2.09. The minimum Gasteiger partial charge on any atom is -0.480 e. The highest BCUT2D eigenvalue weighted by molar-refractivity contribution is 6.11. The number of rotatable bonds is 5. The summed E-state index contributed by atoms with van der Waals surface area (Å²) in [4.78, 5) is 36.2. The van der Waals surface area contributed by atoms with Crippen molar-refractivity contribution >= 4 is 34.9 Å². The SMILES string of the molecule is CC1=NNC(=O)C1N=[N+](c1ccc(C(C)(C)C)cc1)C1C(=O)N(CC(=O)O)N=C1C. The number of aliphatic carboxylic acids is 1. The molecule has 0 bridgehead atoms. The van der Waals surface area contributed by atoms with E-state index in [0.717, 1.165) is 10.6 Å². The van der Waals surface area contributed by atoms with E-state index in [1.165, 1.54) is 4.70 Å². The Balaban J connectivity index is 2.06. The Hall–Kier alpha value is -3.43. The van der Waals surface area contributed by atoms with E-state index in [4.69, 9.17) is 5.11 Å². The predicted molar refractivity (Wildman–Crippen MR) is 109 cm³/mol. The van der Waals surface area contributed by atoms with Gasteiger partial charge >= 0.3 is 17.9 Å². The van der Waals surface area contributed by atoms with Crippen LogP contribution in [0.3, 0.4) is 0 Å². The third kappa shape index (κ3) is 4.12. The number of benzene rings is 1. The molecular weight excluding hydrogens is 388 g/mol. The van der Waals surface area contributed by atoms with Crippen molar-refractivity contribution in [3.8, 4) is 0 Å². The van der Waals surface area contributed by atoms with Gasteiger partial charge in [0.15, 0.2) is 0 Å². The normalized spacial score (nSPS) is 22.2. The third-order valence-electron chi connectivity index (χ3n) is 4.92. The lowest BCUT2D eigenvalue weighted by molar-refractivity contribution is -0.523. The molecule has 2 aliphatic rings. The zero-order chi connectivity index (χ0) is 22.2. The predicted octanol–water partition coefficient (Wildman–Crippen LogP) is 1.63. The van der Waals surface area contributed by atoms with Gasteiger partial charge in [-0.25, -0.2) is 10.4 Å². The molecule has 10 nitrogen and oxygen atoms in total. The van der Waals surface area contributed by atoms with Crippen molar-refractivity contribution in [2.75, 3.05) is 6.54 Å². The fraction of sp³-hybridized carbons (Fsp3) is 0.450. The Labute approximate surface area is 174 Å². The molecule has 2 heterocycles. The second-order valence-electron chi connectivity index (χ2n) is 8.32. The minimum atomic E-state index is -1.17. The molecule has 0 spiro atoms. The van der Waals surface area contributed by atoms with Crippen LogP contribution >= 0.6 is 0 Å². The molecule has 0 aliphatic carbocycles. The molecule has 2 N–H and O–H groups in total. The number of hydrogen-bond acceptors (Lipinski definition) is 6. The summed E-state index contributed by atoms with van der Waals surface area (Å²) in [7, 11) is 0. The molecule has 2 unspecified atom stereocenters. The fourth-order valence-electron chi connectivity index (χ4n) is 3.25. The maximum Gasteiger partial charge on any atom is 0.325 e. The Kier molecular flexibility index (Phi) is 5.51. The average molecular weight is 413 g/mol. The van der Waals surface area contributed by atoms with Crippen LogP contribution in [0, 0.1) is 0 Å². The summed E-state index contributed by atoms with van der Waals surface area (Å²) in [6, 6.07) is 5.68. The van der Waals surface area contributed by atoms with Gasteiger partial charge in [0.2, 0.25) is 11.7 Å². The van der Waals surface area contributed by atoms with Gasteiger partial charge in [0.25, 0.3) is 5.91 Å². The second-order valence-corrected chi connectivity index (χ2v) is 8.32. The van der Waals surface area contributed by atoms with Gasteiger partial charge in [0.05, 0.1) is 5.71 Å². The molecule has 1 aromatic rings. The smallest absolute Gasteiger partial charge is 0.325 e. The van der Waals surface area contributed by atoms with Gasteiger partial charge in [-0.05, 0) is 29.9 Å². The number of amides is 2. The first-order valence-corrected chi connectivity index (χ1v) is 9.52. The number of carboxylic acid groups (broad SMARTS) is 1. The molecule has 0 fully saturated rings. The monoisotopic (exact) mass is 413 g/mol. The summed E-state index contributed by atoms with van der Waals surface area (Å²) < 4.78 is 1.43. The first-order valence-electron chi connectivity index (χ1n) is 9.52. The molecule has 158 valence electrons. The van der Waals surface area contributed by atoms with Crippen LogP contribution in [0.2, 0.25) is 0 Å². The standard InChI is InChI=1S/C20H24N6O4/c1-11-16(18(29)22-21-11)24-26(14-8-6-13(7-9-14)20(3,4)5)17-12(2)23-25(19(17)30)10-15(27)28/h6-9,16-17H,10H2,1-5H3,(H-,22,27,28,29)/p+1. The number of azo groups is 2. The van der Waals surface area contributed by atoms with Gasteiger partial charge < -0.3 is 5.11 Å². The maximum absolute atomic E-state index is 12.9. The van der Waals surface area contributed by atoms with Crippen molar-refractivity contribution in [3.63, 3.8) is 0 Å². The van der Waals surface area contributed by atoms with E-state index in [2.05, 4.69) is 41.5 Å². The summed E-state index contributed by atoms with van der Waals surface area (Å²) in [5, 5.41) is 22.5. The summed E-state index contributed by atoms with van der Waals surface area (Å²) >= 11 is 0.